The predicted octanol–water partition coefficient (Wildman–Crippen LogP) is 5.54. The van der Waals surface area contributed by atoms with Gasteiger partial charge in [0.2, 0.25) is 5.82 Å². The van der Waals surface area contributed by atoms with Crippen molar-refractivity contribution in [2.75, 3.05) is 5.32 Å². The van der Waals surface area contributed by atoms with Crippen LogP contribution in [0.4, 0.5) is 5.82 Å². The van der Waals surface area contributed by atoms with Crippen molar-refractivity contribution < 1.29 is 13.8 Å². The van der Waals surface area contributed by atoms with Crippen LogP contribution in [0.2, 0.25) is 0 Å². The zero-order chi connectivity index (χ0) is 20.8. The maximum atomic E-state index is 13.0. The highest BCUT2D eigenvalue weighted by molar-refractivity contribution is 6.07. The van der Waals surface area contributed by atoms with Crippen molar-refractivity contribution >= 4 is 22.7 Å². The van der Waals surface area contributed by atoms with Gasteiger partial charge in [0, 0.05) is 16.5 Å². The summed E-state index contributed by atoms with van der Waals surface area (Å²) in [5.74, 6) is 0.206. The Balaban J connectivity index is 1.47. The Bertz CT molecular complexity index is 1280. The number of aromatic nitrogens is 2. The van der Waals surface area contributed by atoms with Gasteiger partial charge in [0.1, 0.15) is 5.58 Å². The van der Waals surface area contributed by atoms with Crippen LogP contribution < -0.4 is 5.32 Å². The number of furan rings is 1. The van der Waals surface area contributed by atoms with Crippen molar-refractivity contribution in [2.45, 2.75) is 46.5 Å². The van der Waals surface area contributed by atoms with E-state index in [0.29, 0.717) is 11.5 Å². The summed E-state index contributed by atoms with van der Waals surface area (Å²) in [6.45, 7) is 5.91. The van der Waals surface area contributed by atoms with E-state index in [2.05, 4.69) is 27.8 Å². The molecule has 0 unspecified atom stereocenters. The van der Waals surface area contributed by atoms with Crippen LogP contribution >= 0.6 is 0 Å². The molecule has 1 aliphatic rings. The van der Waals surface area contributed by atoms with Gasteiger partial charge in [0.05, 0.1) is 0 Å². The van der Waals surface area contributed by atoms with Crippen LogP contribution in [-0.4, -0.2) is 16.2 Å². The van der Waals surface area contributed by atoms with Crippen LogP contribution in [0, 0.1) is 20.8 Å². The lowest BCUT2D eigenvalue weighted by molar-refractivity contribution is 0.0997. The van der Waals surface area contributed by atoms with E-state index < -0.39 is 0 Å². The number of nitrogens with zero attached hydrogens (tertiary/aromatic N) is 2. The molecule has 2 aromatic heterocycles. The Hall–Kier alpha value is -3.41. The van der Waals surface area contributed by atoms with Gasteiger partial charge in [0.15, 0.2) is 11.5 Å². The fourth-order valence-electron chi connectivity index (χ4n) is 4.24. The van der Waals surface area contributed by atoms with Crippen LogP contribution in [0.15, 0.2) is 39.4 Å². The van der Waals surface area contributed by atoms with E-state index in [9.17, 15) is 4.79 Å². The number of rotatable bonds is 3. The van der Waals surface area contributed by atoms with Crippen LogP contribution in [0.1, 0.15) is 51.2 Å². The average molecular weight is 401 g/mol. The fourth-order valence-corrected chi connectivity index (χ4v) is 4.24. The molecule has 0 aliphatic heterocycles. The molecule has 0 atom stereocenters. The van der Waals surface area contributed by atoms with E-state index in [1.165, 1.54) is 24.0 Å². The van der Waals surface area contributed by atoms with Gasteiger partial charge in [-0.1, -0.05) is 24.3 Å². The van der Waals surface area contributed by atoms with Gasteiger partial charge < -0.3 is 4.42 Å². The normalized spacial score (nSPS) is 13.4. The molecule has 0 saturated heterocycles. The van der Waals surface area contributed by atoms with E-state index in [1.807, 2.05) is 39.0 Å². The number of amides is 1. The molecule has 4 aromatic rings. The summed E-state index contributed by atoms with van der Waals surface area (Å²) in [7, 11) is 0. The molecule has 1 amide bonds. The highest BCUT2D eigenvalue weighted by atomic mass is 16.6. The molecular formula is C24H23N3O3. The maximum absolute atomic E-state index is 13.0. The van der Waals surface area contributed by atoms with Gasteiger partial charge >= 0.3 is 0 Å². The zero-order valence-corrected chi connectivity index (χ0v) is 17.3. The number of carbonyl (C=O) groups is 1. The maximum Gasteiger partial charge on any atom is 0.292 e. The first kappa shape index (κ1) is 18.6. The molecule has 30 heavy (non-hydrogen) atoms. The largest absolute Gasteiger partial charge is 0.450 e. The van der Waals surface area contributed by atoms with Gasteiger partial charge in [0.25, 0.3) is 5.91 Å². The molecule has 0 spiro atoms. The first-order valence-corrected chi connectivity index (χ1v) is 10.3. The Morgan fingerprint density at radius 2 is 1.77 bits per heavy atom. The van der Waals surface area contributed by atoms with Crippen molar-refractivity contribution in [3.63, 3.8) is 0 Å². The molecule has 2 heterocycles. The molecule has 1 N–H and O–H groups in total. The summed E-state index contributed by atoms with van der Waals surface area (Å²) >= 11 is 0. The number of nitrogens with one attached hydrogen (secondary N) is 1. The Morgan fingerprint density at radius 1 is 0.967 bits per heavy atom. The lowest BCUT2D eigenvalue weighted by Gasteiger charge is -2.16. The van der Waals surface area contributed by atoms with Crippen molar-refractivity contribution in [1.82, 2.24) is 10.3 Å². The molecule has 6 nitrogen and oxygen atoms in total. The summed E-state index contributed by atoms with van der Waals surface area (Å²) in [6, 6.07) is 10.3. The van der Waals surface area contributed by atoms with Gasteiger partial charge in [-0.25, -0.2) is 4.63 Å². The number of benzene rings is 2. The molecule has 0 saturated carbocycles. The summed E-state index contributed by atoms with van der Waals surface area (Å²) < 4.78 is 10.9. The summed E-state index contributed by atoms with van der Waals surface area (Å²) in [6.07, 6.45) is 4.60. The second-order valence-corrected chi connectivity index (χ2v) is 8.05. The van der Waals surface area contributed by atoms with E-state index in [1.54, 1.807) is 0 Å². The summed E-state index contributed by atoms with van der Waals surface area (Å²) in [4.78, 5) is 13.0. The first-order valence-electron chi connectivity index (χ1n) is 10.3. The lowest BCUT2D eigenvalue weighted by atomic mass is 9.90. The quantitative estimate of drug-likeness (QED) is 0.487. The van der Waals surface area contributed by atoms with Crippen molar-refractivity contribution in [3.8, 4) is 11.3 Å². The van der Waals surface area contributed by atoms with Gasteiger partial charge in [-0.05, 0) is 85.1 Å². The second kappa shape index (κ2) is 7.13. The van der Waals surface area contributed by atoms with E-state index in [0.717, 1.165) is 46.1 Å². The monoisotopic (exact) mass is 401 g/mol. The minimum Gasteiger partial charge on any atom is -0.450 e. The van der Waals surface area contributed by atoms with Crippen molar-refractivity contribution in [1.29, 1.82) is 0 Å². The second-order valence-electron chi connectivity index (χ2n) is 8.05. The molecule has 1 aliphatic carbocycles. The minimum atomic E-state index is -0.365. The standard InChI is InChI=1S/C24H23N3O3/c1-13-8-11-19-15(3)22(29-21(19)14(13)2)24(28)25-23-20(26-30-27-23)18-10-9-16-6-4-5-7-17(16)12-18/h8-12H,4-7H2,1-3H3,(H,25,27,28). The van der Waals surface area contributed by atoms with Gasteiger partial charge in [-0.2, -0.15) is 0 Å². The topological polar surface area (TPSA) is 81.2 Å². The third-order valence-electron chi connectivity index (χ3n) is 6.17. The highest BCUT2D eigenvalue weighted by Gasteiger charge is 2.23. The smallest absolute Gasteiger partial charge is 0.292 e. The third-order valence-corrected chi connectivity index (χ3v) is 6.17. The predicted molar refractivity (Wildman–Crippen MR) is 115 cm³/mol. The number of anilines is 1. The number of hydrogen-bond donors (Lipinski definition) is 1. The SMILES string of the molecule is Cc1ccc2c(C)c(C(=O)Nc3nonc3-c3ccc4c(c3)CCCC4)oc2c1C. The number of carbonyl (C=O) groups excluding carboxylic acids is 1. The summed E-state index contributed by atoms with van der Waals surface area (Å²) in [5, 5.41) is 11.7. The number of hydrogen-bond acceptors (Lipinski definition) is 5. The molecule has 0 fully saturated rings. The van der Waals surface area contributed by atoms with E-state index in [-0.39, 0.29) is 11.7 Å². The zero-order valence-electron chi connectivity index (χ0n) is 17.3. The van der Waals surface area contributed by atoms with Crippen LogP contribution in [-0.2, 0) is 12.8 Å². The van der Waals surface area contributed by atoms with Crippen LogP contribution in [0.25, 0.3) is 22.2 Å². The molecule has 0 bridgehead atoms. The van der Waals surface area contributed by atoms with Gasteiger partial charge in [-0.3, -0.25) is 10.1 Å². The number of fused-ring (bicyclic) bond motifs is 2. The Kier molecular flexibility index (Phi) is 4.42. The molecule has 5 rings (SSSR count). The highest BCUT2D eigenvalue weighted by Crippen LogP contribution is 2.32. The van der Waals surface area contributed by atoms with Gasteiger partial charge in [-0.15, -0.1) is 0 Å². The average Bonchev–Trinajstić information content (AvgIpc) is 3.35. The molecule has 152 valence electrons. The number of aryl methyl sites for hydroxylation is 5. The van der Waals surface area contributed by atoms with Crippen LogP contribution in [0.3, 0.4) is 0 Å². The molecular weight excluding hydrogens is 378 g/mol. The van der Waals surface area contributed by atoms with Crippen molar-refractivity contribution in [3.05, 3.63) is 63.9 Å². The molecule has 6 heteroatoms. The van der Waals surface area contributed by atoms with E-state index in [4.69, 9.17) is 9.05 Å². The first-order chi connectivity index (χ1) is 14.5. The minimum absolute atomic E-state index is 0.276. The van der Waals surface area contributed by atoms with E-state index >= 15 is 0 Å². The Morgan fingerprint density at radius 3 is 2.60 bits per heavy atom. The fraction of sp³-hybridized carbons (Fsp3) is 0.292. The lowest BCUT2D eigenvalue weighted by Crippen LogP contribution is -2.13. The molecule has 2 aromatic carbocycles. The van der Waals surface area contributed by atoms with Crippen molar-refractivity contribution in [2.24, 2.45) is 0 Å². The third kappa shape index (κ3) is 3.00. The van der Waals surface area contributed by atoms with Crippen LogP contribution in [0.5, 0.6) is 0 Å². The summed E-state index contributed by atoms with van der Waals surface area (Å²) in [5.41, 5.74) is 7.83. The Labute approximate surface area is 174 Å². The molecule has 0 radical (unpaired) electrons.